The number of likely N-dealkylation sites (N-methyl/N-ethyl adjacent to an activating group) is 1. The largest absolute Gasteiger partial charge is 0.370 e. The number of nitrogens with one attached hydrogen (secondary N) is 1. The SMILES string of the molecule is C=C[C@@]1(N=C(N)N)CCC[C@H](CNc2cc(-c3ccc(C#N)c(F)c3)n(-c3ccc(N4CCN(C)CC4)cc3)n2)C1. The highest BCUT2D eigenvalue weighted by Crippen LogP contribution is 2.37. The molecular weight excluding hydrogens is 517 g/mol. The maximum atomic E-state index is 14.6. The Hall–Kier alpha value is -4.36. The number of aromatic nitrogens is 2. The highest BCUT2D eigenvalue weighted by molar-refractivity contribution is 5.76. The monoisotopic (exact) mass is 555 g/mol. The summed E-state index contributed by atoms with van der Waals surface area (Å²) < 4.78 is 16.5. The van der Waals surface area contributed by atoms with Crippen molar-refractivity contribution in [3.63, 3.8) is 0 Å². The van der Waals surface area contributed by atoms with Crippen molar-refractivity contribution in [1.29, 1.82) is 5.26 Å². The third-order valence-electron chi connectivity index (χ3n) is 8.23. The molecular formula is C31H38FN9. The number of anilines is 2. The van der Waals surface area contributed by atoms with E-state index in [2.05, 4.69) is 45.9 Å². The maximum absolute atomic E-state index is 14.6. The lowest BCUT2D eigenvalue weighted by Gasteiger charge is -2.35. The molecule has 2 heterocycles. The van der Waals surface area contributed by atoms with Gasteiger partial charge in [0.1, 0.15) is 17.7 Å². The lowest BCUT2D eigenvalue weighted by molar-refractivity contribution is 0.278. The molecule has 5 N–H and O–H groups in total. The normalized spacial score (nSPS) is 21.2. The predicted molar refractivity (Wildman–Crippen MR) is 163 cm³/mol. The first-order chi connectivity index (χ1) is 19.8. The Labute approximate surface area is 240 Å². The molecule has 3 aromatic rings. The third kappa shape index (κ3) is 6.36. The van der Waals surface area contributed by atoms with Gasteiger partial charge in [0.25, 0.3) is 0 Å². The Bertz CT molecular complexity index is 1440. The Morgan fingerprint density at radius 2 is 1.90 bits per heavy atom. The van der Waals surface area contributed by atoms with Crippen molar-refractivity contribution in [1.82, 2.24) is 14.7 Å². The molecule has 0 bridgehead atoms. The number of halogens is 1. The molecule has 1 saturated carbocycles. The Balaban J connectivity index is 1.40. The Morgan fingerprint density at radius 3 is 2.56 bits per heavy atom. The average Bonchev–Trinajstić information content (AvgIpc) is 3.41. The summed E-state index contributed by atoms with van der Waals surface area (Å²) in [4.78, 5) is 9.21. The van der Waals surface area contributed by atoms with Crippen LogP contribution in [-0.2, 0) is 0 Å². The van der Waals surface area contributed by atoms with Gasteiger partial charge in [-0.3, -0.25) is 0 Å². The molecule has 2 aliphatic rings. The molecule has 2 aromatic carbocycles. The summed E-state index contributed by atoms with van der Waals surface area (Å²) in [7, 11) is 2.14. The second-order valence-corrected chi connectivity index (χ2v) is 11.1. The van der Waals surface area contributed by atoms with Crippen LogP contribution in [-0.4, -0.2) is 66.0 Å². The summed E-state index contributed by atoms with van der Waals surface area (Å²) in [6.07, 6.45) is 5.57. The number of hydrogen-bond acceptors (Lipinski definition) is 6. The van der Waals surface area contributed by atoms with Gasteiger partial charge in [-0.2, -0.15) is 5.26 Å². The van der Waals surface area contributed by atoms with Crippen LogP contribution >= 0.6 is 0 Å². The number of rotatable bonds is 8. The Kier molecular flexibility index (Phi) is 8.26. The molecule has 5 rings (SSSR count). The van der Waals surface area contributed by atoms with Crippen LogP contribution in [0.2, 0.25) is 0 Å². The van der Waals surface area contributed by atoms with Gasteiger partial charge in [-0.15, -0.1) is 11.7 Å². The van der Waals surface area contributed by atoms with E-state index in [1.165, 1.54) is 17.8 Å². The molecule has 1 aliphatic carbocycles. The molecule has 0 unspecified atom stereocenters. The van der Waals surface area contributed by atoms with Crippen molar-refractivity contribution in [3.8, 4) is 23.0 Å². The molecule has 41 heavy (non-hydrogen) atoms. The van der Waals surface area contributed by atoms with Gasteiger partial charge < -0.3 is 26.6 Å². The van der Waals surface area contributed by atoms with Crippen LogP contribution in [0.4, 0.5) is 15.9 Å². The zero-order chi connectivity index (χ0) is 29.0. The van der Waals surface area contributed by atoms with Crippen molar-refractivity contribution in [3.05, 3.63) is 72.6 Å². The van der Waals surface area contributed by atoms with Gasteiger partial charge in [0.05, 0.1) is 22.5 Å². The van der Waals surface area contributed by atoms with Crippen LogP contribution in [0.3, 0.4) is 0 Å². The van der Waals surface area contributed by atoms with E-state index in [0.29, 0.717) is 23.8 Å². The smallest absolute Gasteiger partial charge is 0.186 e. The number of guanidine groups is 1. The molecule has 0 radical (unpaired) electrons. The van der Waals surface area contributed by atoms with E-state index in [9.17, 15) is 9.65 Å². The Morgan fingerprint density at radius 1 is 1.17 bits per heavy atom. The second kappa shape index (κ2) is 12.0. The molecule has 2 atom stereocenters. The van der Waals surface area contributed by atoms with Gasteiger partial charge in [-0.05, 0) is 68.6 Å². The molecule has 1 aromatic heterocycles. The minimum atomic E-state index is -0.555. The molecule has 0 amide bonds. The van der Waals surface area contributed by atoms with Gasteiger partial charge >= 0.3 is 0 Å². The van der Waals surface area contributed by atoms with Crippen LogP contribution in [0, 0.1) is 23.1 Å². The summed E-state index contributed by atoms with van der Waals surface area (Å²) in [6, 6.07) is 16.8. The fourth-order valence-electron chi connectivity index (χ4n) is 5.92. The summed E-state index contributed by atoms with van der Waals surface area (Å²) in [5, 5.41) is 17.6. The number of nitriles is 1. The zero-order valence-electron chi connectivity index (χ0n) is 23.6. The molecule has 1 aliphatic heterocycles. The predicted octanol–water partition coefficient (Wildman–Crippen LogP) is 4.10. The van der Waals surface area contributed by atoms with E-state index in [0.717, 1.165) is 63.2 Å². The van der Waals surface area contributed by atoms with E-state index in [-0.39, 0.29) is 11.5 Å². The quantitative estimate of drug-likeness (QED) is 0.217. The topological polar surface area (TPSA) is 125 Å². The first-order valence-electron chi connectivity index (χ1n) is 14.1. The van der Waals surface area contributed by atoms with Crippen molar-refractivity contribution in [2.24, 2.45) is 22.4 Å². The fourth-order valence-corrected chi connectivity index (χ4v) is 5.92. The van der Waals surface area contributed by atoms with E-state index in [1.807, 2.05) is 35.0 Å². The third-order valence-corrected chi connectivity index (χ3v) is 8.23. The minimum absolute atomic E-state index is 0.0125. The average molecular weight is 556 g/mol. The van der Waals surface area contributed by atoms with Gasteiger partial charge in [0, 0.05) is 50.0 Å². The number of aliphatic imine (C=N–C) groups is 1. The van der Waals surface area contributed by atoms with E-state index >= 15 is 0 Å². The zero-order valence-corrected chi connectivity index (χ0v) is 23.6. The van der Waals surface area contributed by atoms with Crippen LogP contribution in [0.25, 0.3) is 16.9 Å². The van der Waals surface area contributed by atoms with Crippen molar-refractivity contribution >= 4 is 17.5 Å². The van der Waals surface area contributed by atoms with Crippen LogP contribution in [0.15, 0.2) is 66.2 Å². The standard InChI is InChI=1S/C31H38FN9/c1-3-31(37-30(34)35)12-4-5-22(19-31)21-36-29-18-28(23-6-7-24(20-33)27(32)17-23)41(38-29)26-10-8-25(9-11-26)40-15-13-39(2)14-16-40/h3,6-11,17-18,22H,1,4-5,12-16,19,21H2,2H3,(H,36,38)(H4,34,35,37)/t22-,31+/m0/s1. The number of nitrogens with zero attached hydrogens (tertiary/aromatic N) is 6. The van der Waals surface area contributed by atoms with Crippen LogP contribution in [0.1, 0.15) is 31.2 Å². The maximum Gasteiger partial charge on any atom is 0.186 e. The summed E-state index contributed by atoms with van der Waals surface area (Å²) in [5.41, 5.74) is 14.4. The minimum Gasteiger partial charge on any atom is -0.370 e. The van der Waals surface area contributed by atoms with E-state index in [4.69, 9.17) is 16.6 Å². The van der Waals surface area contributed by atoms with Gasteiger partial charge in [0.2, 0.25) is 0 Å². The fraction of sp³-hybridized carbons (Fsp3) is 0.387. The van der Waals surface area contributed by atoms with E-state index in [1.54, 1.807) is 6.07 Å². The highest BCUT2D eigenvalue weighted by atomic mass is 19.1. The van der Waals surface area contributed by atoms with Crippen molar-refractivity contribution < 1.29 is 4.39 Å². The molecule has 1 saturated heterocycles. The van der Waals surface area contributed by atoms with Gasteiger partial charge in [-0.1, -0.05) is 18.6 Å². The number of hydrogen-bond donors (Lipinski definition) is 3. The lowest BCUT2D eigenvalue weighted by Crippen LogP contribution is -2.44. The second-order valence-electron chi connectivity index (χ2n) is 11.1. The van der Waals surface area contributed by atoms with E-state index < -0.39 is 11.4 Å². The highest BCUT2D eigenvalue weighted by Gasteiger charge is 2.33. The number of piperazine rings is 1. The number of benzene rings is 2. The van der Waals surface area contributed by atoms with Gasteiger partial charge in [0.15, 0.2) is 5.96 Å². The summed E-state index contributed by atoms with van der Waals surface area (Å²) >= 11 is 0. The van der Waals surface area contributed by atoms with Crippen molar-refractivity contribution in [2.45, 2.75) is 31.2 Å². The summed E-state index contributed by atoms with van der Waals surface area (Å²) in [5.74, 6) is 0.536. The molecule has 0 spiro atoms. The molecule has 214 valence electrons. The molecule has 2 fully saturated rings. The summed E-state index contributed by atoms with van der Waals surface area (Å²) in [6.45, 7) is 8.72. The molecule has 9 nitrogen and oxygen atoms in total. The number of nitrogens with two attached hydrogens (primary N) is 2. The first kappa shape index (κ1) is 28.2. The first-order valence-corrected chi connectivity index (χ1v) is 14.1. The van der Waals surface area contributed by atoms with Crippen molar-refractivity contribution in [2.75, 3.05) is 50.0 Å². The lowest BCUT2D eigenvalue weighted by atomic mass is 9.76. The van der Waals surface area contributed by atoms with Crippen LogP contribution < -0.4 is 21.7 Å². The van der Waals surface area contributed by atoms with Crippen LogP contribution in [0.5, 0.6) is 0 Å². The van der Waals surface area contributed by atoms with Gasteiger partial charge in [-0.25, -0.2) is 14.1 Å². The molecule has 10 heteroatoms.